The van der Waals surface area contributed by atoms with Gasteiger partial charge in [-0.15, -0.1) is 0 Å². The molecule has 112 valence electrons. The Kier molecular flexibility index (Phi) is 2.73. The number of aryl methyl sites for hydroxylation is 1. The number of aromatic hydroxyl groups is 1. The summed E-state index contributed by atoms with van der Waals surface area (Å²) < 4.78 is 14.9. The number of hydrogen-bond acceptors (Lipinski definition) is 2. The Morgan fingerprint density at radius 3 is 2.90 bits per heavy atom. The van der Waals surface area contributed by atoms with Gasteiger partial charge in [0.1, 0.15) is 17.7 Å². The van der Waals surface area contributed by atoms with E-state index < -0.39 is 11.6 Å². The highest BCUT2D eigenvalue weighted by Gasteiger charge is 2.58. The first-order chi connectivity index (χ1) is 10.0. The van der Waals surface area contributed by atoms with E-state index in [1.54, 1.807) is 12.1 Å². The molecule has 0 aromatic heterocycles. The van der Waals surface area contributed by atoms with Gasteiger partial charge in [0.05, 0.1) is 0 Å². The minimum Gasteiger partial charge on any atom is -0.508 e. The van der Waals surface area contributed by atoms with Crippen molar-refractivity contribution in [2.24, 2.45) is 17.3 Å². The number of carbonyl (C=O) groups is 1. The summed E-state index contributed by atoms with van der Waals surface area (Å²) in [6.45, 7) is 1.99. The predicted molar refractivity (Wildman–Crippen MR) is 78.0 cm³/mol. The van der Waals surface area contributed by atoms with Gasteiger partial charge >= 0.3 is 0 Å². The van der Waals surface area contributed by atoms with Crippen molar-refractivity contribution in [2.75, 3.05) is 0 Å². The topological polar surface area (TPSA) is 37.3 Å². The van der Waals surface area contributed by atoms with Gasteiger partial charge in [0.15, 0.2) is 0 Å². The van der Waals surface area contributed by atoms with Crippen molar-refractivity contribution in [3.8, 4) is 5.75 Å². The molecule has 0 radical (unpaired) electrons. The number of halogens is 1. The van der Waals surface area contributed by atoms with E-state index >= 15 is 0 Å². The standard InChI is InChI=1S/C18H21FO2/c1-18-9-15(19)17-12-5-3-11(20)8-10(12)2-4-13(17)14(18)6-7-16(18)21/h3,5,8,13-15,17,20H,2,4,6-7,9H2,1H3/t13?,14?,15-,17?,18-/m0/s1. The summed E-state index contributed by atoms with van der Waals surface area (Å²) in [6, 6.07) is 5.35. The molecule has 3 heteroatoms. The SMILES string of the molecule is C[C@]12C[C@H](F)C3c4ccc(O)cc4CCC3C1CCC2=O. The normalized spacial score (nSPS) is 41.3. The minimum absolute atomic E-state index is 0.0849. The van der Waals surface area contributed by atoms with Gasteiger partial charge in [-0.2, -0.15) is 0 Å². The largest absolute Gasteiger partial charge is 0.508 e. The molecule has 1 N–H and O–H groups in total. The molecule has 21 heavy (non-hydrogen) atoms. The second-order valence-electron chi connectivity index (χ2n) is 7.32. The summed E-state index contributed by atoms with van der Waals surface area (Å²) in [5, 5.41) is 9.64. The van der Waals surface area contributed by atoms with Crippen molar-refractivity contribution < 1.29 is 14.3 Å². The molecule has 0 bridgehead atoms. The molecular formula is C18H21FO2. The molecule has 3 aliphatic rings. The lowest BCUT2D eigenvalue weighted by Crippen LogP contribution is -2.47. The third-order valence-electron chi connectivity index (χ3n) is 6.36. The average molecular weight is 288 g/mol. The number of rotatable bonds is 0. The van der Waals surface area contributed by atoms with Crippen LogP contribution >= 0.6 is 0 Å². The maximum atomic E-state index is 14.9. The van der Waals surface area contributed by atoms with Gasteiger partial charge in [0.25, 0.3) is 0 Å². The fraction of sp³-hybridized carbons (Fsp3) is 0.611. The molecule has 3 unspecified atom stereocenters. The Balaban J connectivity index is 1.78. The van der Waals surface area contributed by atoms with Crippen LogP contribution in [-0.4, -0.2) is 17.1 Å². The van der Waals surface area contributed by atoms with Crippen molar-refractivity contribution in [3.63, 3.8) is 0 Å². The summed E-state index contributed by atoms with van der Waals surface area (Å²) in [6.07, 6.45) is 2.81. The number of ketones is 1. The van der Waals surface area contributed by atoms with Crippen LogP contribution in [0.3, 0.4) is 0 Å². The Morgan fingerprint density at radius 2 is 2.10 bits per heavy atom. The molecule has 4 rings (SSSR count). The number of phenols is 1. The van der Waals surface area contributed by atoms with Crippen LogP contribution in [0.1, 0.15) is 49.7 Å². The first-order valence-corrected chi connectivity index (χ1v) is 8.00. The van der Waals surface area contributed by atoms with Crippen molar-refractivity contribution in [1.82, 2.24) is 0 Å². The minimum atomic E-state index is -0.943. The lowest BCUT2D eigenvalue weighted by Gasteiger charge is -2.49. The van der Waals surface area contributed by atoms with Crippen LogP contribution in [0.5, 0.6) is 5.75 Å². The van der Waals surface area contributed by atoms with Gasteiger partial charge in [0.2, 0.25) is 0 Å². The quantitative estimate of drug-likeness (QED) is 0.789. The summed E-state index contributed by atoms with van der Waals surface area (Å²) in [4.78, 5) is 12.2. The zero-order chi connectivity index (χ0) is 14.8. The highest BCUT2D eigenvalue weighted by Crippen LogP contribution is 2.60. The summed E-state index contributed by atoms with van der Waals surface area (Å²) in [7, 11) is 0. The lowest BCUT2D eigenvalue weighted by atomic mass is 9.55. The molecule has 0 aliphatic heterocycles. The van der Waals surface area contributed by atoms with E-state index in [1.807, 2.05) is 13.0 Å². The molecule has 2 saturated carbocycles. The number of alkyl halides is 1. The van der Waals surface area contributed by atoms with Gasteiger partial charge in [-0.25, -0.2) is 4.39 Å². The Hall–Kier alpha value is -1.38. The second kappa shape index (κ2) is 4.31. The van der Waals surface area contributed by atoms with E-state index in [0.717, 1.165) is 30.4 Å². The molecule has 1 aromatic rings. The zero-order valence-electron chi connectivity index (χ0n) is 12.3. The fourth-order valence-electron chi connectivity index (χ4n) is 5.36. The van der Waals surface area contributed by atoms with Gasteiger partial charge in [-0.05, 0) is 60.8 Å². The predicted octanol–water partition coefficient (Wildman–Crippen LogP) is 3.77. The highest BCUT2D eigenvalue weighted by atomic mass is 19.1. The third-order valence-corrected chi connectivity index (χ3v) is 6.36. The van der Waals surface area contributed by atoms with E-state index in [4.69, 9.17) is 0 Å². The monoisotopic (exact) mass is 288 g/mol. The highest BCUT2D eigenvalue weighted by molar-refractivity contribution is 5.87. The van der Waals surface area contributed by atoms with Crippen LogP contribution in [-0.2, 0) is 11.2 Å². The summed E-state index contributed by atoms with van der Waals surface area (Å²) in [5.41, 5.74) is 1.72. The fourth-order valence-corrected chi connectivity index (χ4v) is 5.36. The lowest BCUT2D eigenvalue weighted by molar-refractivity contribution is -0.131. The van der Waals surface area contributed by atoms with Crippen molar-refractivity contribution in [2.45, 2.75) is 51.1 Å². The number of hydrogen-bond donors (Lipinski definition) is 1. The zero-order valence-corrected chi connectivity index (χ0v) is 12.3. The van der Waals surface area contributed by atoms with Gasteiger partial charge in [0, 0.05) is 17.8 Å². The summed E-state index contributed by atoms with van der Waals surface area (Å²) >= 11 is 0. The van der Waals surface area contributed by atoms with Crippen LogP contribution < -0.4 is 0 Å². The van der Waals surface area contributed by atoms with E-state index in [-0.39, 0.29) is 23.4 Å². The first kappa shape index (κ1) is 13.3. The first-order valence-electron chi connectivity index (χ1n) is 8.00. The number of Topliss-reactive ketones (excluding diaryl/α,β-unsaturated/α-hetero) is 1. The Labute approximate surface area is 124 Å². The smallest absolute Gasteiger partial charge is 0.139 e. The molecule has 2 fully saturated rings. The van der Waals surface area contributed by atoms with E-state index in [1.165, 1.54) is 0 Å². The maximum absolute atomic E-state index is 14.9. The van der Waals surface area contributed by atoms with E-state index in [2.05, 4.69) is 0 Å². The number of benzene rings is 1. The second-order valence-corrected chi connectivity index (χ2v) is 7.32. The van der Waals surface area contributed by atoms with Gasteiger partial charge in [-0.1, -0.05) is 13.0 Å². The molecule has 0 amide bonds. The third kappa shape index (κ3) is 1.72. The van der Waals surface area contributed by atoms with E-state index in [0.29, 0.717) is 18.8 Å². The van der Waals surface area contributed by atoms with Gasteiger partial charge < -0.3 is 5.11 Å². The van der Waals surface area contributed by atoms with Crippen molar-refractivity contribution >= 4 is 5.78 Å². The van der Waals surface area contributed by atoms with Crippen LogP contribution in [0.15, 0.2) is 18.2 Å². The molecular weight excluding hydrogens is 267 g/mol. The molecule has 1 aromatic carbocycles. The molecule has 0 spiro atoms. The molecule has 2 nitrogen and oxygen atoms in total. The Bertz CT molecular complexity index is 611. The average Bonchev–Trinajstić information content (AvgIpc) is 2.74. The van der Waals surface area contributed by atoms with Crippen molar-refractivity contribution in [3.05, 3.63) is 29.3 Å². The number of fused-ring (bicyclic) bond motifs is 5. The maximum Gasteiger partial charge on any atom is 0.139 e. The number of phenolic OH excluding ortho intramolecular Hbond substituents is 1. The van der Waals surface area contributed by atoms with E-state index in [9.17, 15) is 14.3 Å². The van der Waals surface area contributed by atoms with Crippen LogP contribution in [0.2, 0.25) is 0 Å². The molecule has 0 saturated heterocycles. The van der Waals surface area contributed by atoms with Crippen LogP contribution in [0.4, 0.5) is 4.39 Å². The van der Waals surface area contributed by atoms with Gasteiger partial charge in [-0.3, -0.25) is 4.79 Å². The molecule has 0 heterocycles. The molecule has 5 atom stereocenters. The summed E-state index contributed by atoms with van der Waals surface area (Å²) in [5.74, 6) is 1.06. The van der Waals surface area contributed by atoms with Crippen LogP contribution in [0.25, 0.3) is 0 Å². The van der Waals surface area contributed by atoms with Crippen molar-refractivity contribution in [1.29, 1.82) is 0 Å². The van der Waals surface area contributed by atoms with Crippen LogP contribution in [0, 0.1) is 17.3 Å². The number of carbonyl (C=O) groups excluding carboxylic acids is 1. The Morgan fingerprint density at radius 1 is 1.29 bits per heavy atom. The molecule has 3 aliphatic carbocycles.